The molecule has 5 nitrogen and oxygen atoms in total. The lowest BCUT2D eigenvalue weighted by atomic mass is 9.86. The third-order valence-corrected chi connectivity index (χ3v) is 7.13. The molecule has 0 radical (unpaired) electrons. The number of piperidine rings is 1. The Morgan fingerprint density at radius 1 is 0.882 bits per heavy atom. The Morgan fingerprint density at radius 3 is 2.18 bits per heavy atom. The lowest BCUT2D eigenvalue weighted by Crippen LogP contribution is -2.47. The Kier molecular flexibility index (Phi) is 6.20. The lowest BCUT2D eigenvalue weighted by Gasteiger charge is -2.39. The van der Waals surface area contributed by atoms with Crippen molar-refractivity contribution in [2.24, 2.45) is 0 Å². The highest BCUT2D eigenvalue weighted by Crippen LogP contribution is 2.39. The second kappa shape index (κ2) is 9.43. The Bertz CT molecular complexity index is 1150. The van der Waals surface area contributed by atoms with Gasteiger partial charge in [0.25, 0.3) is 5.91 Å². The predicted octanol–water partition coefficient (Wildman–Crippen LogP) is 5.17. The minimum atomic E-state index is -0.275. The van der Waals surface area contributed by atoms with Crippen LogP contribution < -0.4 is 4.90 Å². The Labute approximate surface area is 201 Å². The van der Waals surface area contributed by atoms with Gasteiger partial charge < -0.3 is 14.5 Å². The van der Waals surface area contributed by atoms with E-state index in [1.54, 1.807) is 6.92 Å². The number of carbonyl (C=O) groups excluding carboxylic acids is 2. The van der Waals surface area contributed by atoms with Crippen LogP contribution in [0.1, 0.15) is 36.5 Å². The summed E-state index contributed by atoms with van der Waals surface area (Å²) < 4.78 is 6.34. The number of hydrogen-bond acceptors (Lipinski definition) is 3. The zero-order valence-electron chi connectivity index (χ0n) is 19.5. The standard InChI is InChI=1S/C29H30N2O3/c1-22(32)31(24-12-6-3-7-13-24)25-20-29(34-21-25)16-18-30(19-17-29)28(33)27-15-9-8-14-26(27)23-10-4-2-5-11-23/h2-15,25H,16-21H2,1H3. The third kappa shape index (κ3) is 4.36. The van der Waals surface area contributed by atoms with Crippen molar-refractivity contribution in [3.63, 3.8) is 0 Å². The fourth-order valence-corrected chi connectivity index (χ4v) is 5.40. The van der Waals surface area contributed by atoms with Crippen LogP contribution in [0.2, 0.25) is 0 Å². The number of likely N-dealkylation sites (tertiary alicyclic amines) is 1. The van der Waals surface area contributed by atoms with Crippen molar-refractivity contribution in [3.8, 4) is 11.1 Å². The Balaban J connectivity index is 1.28. The van der Waals surface area contributed by atoms with Crippen LogP contribution in [0.4, 0.5) is 5.69 Å². The van der Waals surface area contributed by atoms with Crippen LogP contribution in [0, 0.1) is 0 Å². The summed E-state index contributed by atoms with van der Waals surface area (Å²) in [5.74, 6) is 0.0977. The number of amides is 2. The lowest BCUT2D eigenvalue weighted by molar-refractivity contribution is -0.117. The molecule has 2 fully saturated rings. The molecule has 0 bridgehead atoms. The molecule has 2 amide bonds. The van der Waals surface area contributed by atoms with E-state index in [2.05, 4.69) is 0 Å². The van der Waals surface area contributed by atoms with Gasteiger partial charge in [-0.1, -0.05) is 66.7 Å². The maximum absolute atomic E-state index is 13.5. The van der Waals surface area contributed by atoms with Crippen molar-refractivity contribution < 1.29 is 14.3 Å². The molecule has 5 rings (SSSR count). The van der Waals surface area contributed by atoms with Gasteiger partial charge in [0.15, 0.2) is 0 Å². The van der Waals surface area contributed by atoms with Crippen LogP contribution in [0.15, 0.2) is 84.9 Å². The Hall–Kier alpha value is -3.44. The first-order valence-corrected chi connectivity index (χ1v) is 12.0. The van der Waals surface area contributed by atoms with Crippen molar-refractivity contribution in [2.45, 2.75) is 37.8 Å². The summed E-state index contributed by atoms with van der Waals surface area (Å²) in [6.07, 6.45) is 2.36. The third-order valence-electron chi connectivity index (χ3n) is 7.13. The van der Waals surface area contributed by atoms with Crippen LogP contribution in [-0.2, 0) is 9.53 Å². The number of hydrogen-bond donors (Lipinski definition) is 0. The second-order valence-corrected chi connectivity index (χ2v) is 9.28. The molecular formula is C29H30N2O3. The first kappa shape index (κ1) is 22.4. The van der Waals surface area contributed by atoms with Crippen LogP contribution in [0.3, 0.4) is 0 Å². The molecule has 1 spiro atoms. The average Bonchev–Trinajstić information content (AvgIpc) is 3.27. The number of ether oxygens (including phenoxy) is 1. The molecule has 0 aromatic heterocycles. The highest BCUT2D eigenvalue weighted by atomic mass is 16.5. The molecule has 0 saturated carbocycles. The largest absolute Gasteiger partial charge is 0.373 e. The van der Waals surface area contributed by atoms with E-state index in [0.717, 1.165) is 41.6 Å². The van der Waals surface area contributed by atoms with Crippen molar-refractivity contribution in [2.75, 3.05) is 24.6 Å². The molecule has 174 valence electrons. The van der Waals surface area contributed by atoms with Crippen molar-refractivity contribution in [1.29, 1.82) is 0 Å². The van der Waals surface area contributed by atoms with Crippen LogP contribution in [0.5, 0.6) is 0 Å². The summed E-state index contributed by atoms with van der Waals surface area (Å²) in [6, 6.07) is 27.7. The van der Waals surface area contributed by atoms with Crippen LogP contribution in [-0.4, -0.2) is 48.1 Å². The van der Waals surface area contributed by atoms with E-state index in [1.165, 1.54) is 0 Å². The highest BCUT2D eigenvalue weighted by molar-refractivity contribution is 6.01. The quantitative estimate of drug-likeness (QED) is 0.546. The maximum atomic E-state index is 13.5. The molecule has 2 saturated heterocycles. The van der Waals surface area contributed by atoms with E-state index in [1.807, 2.05) is 94.7 Å². The number of nitrogens with zero attached hydrogens (tertiary/aromatic N) is 2. The molecule has 5 heteroatoms. The van der Waals surface area contributed by atoms with E-state index < -0.39 is 0 Å². The summed E-state index contributed by atoms with van der Waals surface area (Å²) in [6.45, 7) is 3.45. The summed E-state index contributed by atoms with van der Waals surface area (Å²) in [7, 11) is 0. The predicted molar refractivity (Wildman–Crippen MR) is 134 cm³/mol. The smallest absolute Gasteiger partial charge is 0.254 e. The van der Waals surface area contributed by atoms with Gasteiger partial charge in [0.2, 0.25) is 5.91 Å². The van der Waals surface area contributed by atoms with Gasteiger partial charge in [-0.05, 0) is 48.6 Å². The normalized spacial score (nSPS) is 19.2. The fraction of sp³-hybridized carbons (Fsp3) is 0.310. The van der Waals surface area contributed by atoms with Gasteiger partial charge in [-0.25, -0.2) is 0 Å². The maximum Gasteiger partial charge on any atom is 0.254 e. The van der Waals surface area contributed by atoms with Gasteiger partial charge in [0.05, 0.1) is 18.2 Å². The van der Waals surface area contributed by atoms with Crippen molar-refractivity contribution in [3.05, 3.63) is 90.5 Å². The topological polar surface area (TPSA) is 49.9 Å². The minimum absolute atomic E-state index is 0.0148. The monoisotopic (exact) mass is 454 g/mol. The van der Waals surface area contributed by atoms with Gasteiger partial charge in [0.1, 0.15) is 0 Å². The summed E-state index contributed by atoms with van der Waals surface area (Å²) in [4.78, 5) is 29.8. The summed E-state index contributed by atoms with van der Waals surface area (Å²) >= 11 is 0. The van der Waals surface area contributed by atoms with Crippen LogP contribution in [0.25, 0.3) is 11.1 Å². The van der Waals surface area contributed by atoms with Gasteiger partial charge >= 0.3 is 0 Å². The molecule has 34 heavy (non-hydrogen) atoms. The fourth-order valence-electron chi connectivity index (χ4n) is 5.40. The molecular weight excluding hydrogens is 424 g/mol. The number of anilines is 1. The van der Waals surface area contributed by atoms with Crippen molar-refractivity contribution in [1.82, 2.24) is 4.90 Å². The second-order valence-electron chi connectivity index (χ2n) is 9.28. The number of rotatable bonds is 4. The molecule has 1 atom stereocenters. The van der Waals surface area contributed by atoms with Crippen molar-refractivity contribution >= 4 is 17.5 Å². The van der Waals surface area contributed by atoms with E-state index in [9.17, 15) is 9.59 Å². The SMILES string of the molecule is CC(=O)N(c1ccccc1)C1COC2(CCN(C(=O)c3ccccc3-c3ccccc3)CC2)C1. The van der Waals surface area contributed by atoms with Gasteiger partial charge in [-0.3, -0.25) is 9.59 Å². The zero-order valence-corrected chi connectivity index (χ0v) is 19.5. The summed E-state index contributed by atoms with van der Waals surface area (Å²) in [5, 5.41) is 0. The molecule has 0 aliphatic carbocycles. The molecule has 2 heterocycles. The van der Waals surface area contributed by atoms with E-state index in [4.69, 9.17) is 4.74 Å². The first-order valence-electron chi connectivity index (χ1n) is 12.0. The molecule has 3 aromatic carbocycles. The van der Waals surface area contributed by atoms with E-state index in [0.29, 0.717) is 19.7 Å². The van der Waals surface area contributed by atoms with Crippen LogP contribution >= 0.6 is 0 Å². The van der Waals surface area contributed by atoms with Gasteiger partial charge in [0, 0.05) is 31.3 Å². The first-order chi connectivity index (χ1) is 16.6. The minimum Gasteiger partial charge on any atom is -0.373 e. The Morgan fingerprint density at radius 2 is 1.50 bits per heavy atom. The highest BCUT2D eigenvalue weighted by Gasteiger charge is 2.46. The number of carbonyl (C=O) groups is 2. The average molecular weight is 455 g/mol. The molecule has 0 N–H and O–H groups in total. The van der Waals surface area contributed by atoms with E-state index >= 15 is 0 Å². The van der Waals surface area contributed by atoms with Gasteiger partial charge in [-0.2, -0.15) is 0 Å². The molecule has 1 unspecified atom stereocenters. The molecule has 2 aliphatic rings. The zero-order chi connectivity index (χ0) is 23.5. The molecule has 3 aromatic rings. The number of para-hydroxylation sites is 1. The van der Waals surface area contributed by atoms with Gasteiger partial charge in [-0.15, -0.1) is 0 Å². The van der Waals surface area contributed by atoms with E-state index in [-0.39, 0.29) is 23.5 Å². The number of benzene rings is 3. The molecule has 2 aliphatic heterocycles. The summed E-state index contributed by atoms with van der Waals surface area (Å²) in [5.41, 5.74) is 3.38.